The third-order valence-electron chi connectivity index (χ3n) is 2.39. The molecule has 2 aromatic heterocycles. The van der Waals surface area contributed by atoms with E-state index < -0.39 is 0 Å². The third-order valence-corrected chi connectivity index (χ3v) is 4.87. The van der Waals surface area contributed by atoms with E-state index in [1.165, 1.54) is 11.3 Å². The summed E-state index contributed by atoms with van der Waals surface area (Å²) in [6, 6.07) is 1.75. The molecule has 0 saturated heterocycles. The van der Waals surface area contributed by atoms with Gasteiger partial charge in [-0.15, -0.1) is 11.3 Å². The minimum Gasteiger partial charge on any atom is -0.493 e. The van der Waals surface area contributed by atoms with Crippen LogP contribution in [0.25, 0.3) is 10.7 Å². The van der Waals surface area contributed by atoms with Gasteiger partial charge in [0.05, 0.1) is 10.4 Å². The molecule has 0 aliphatic carbocycles. The minimum absolute atomic E-state index is 0.0889. The first-order valence-electron chi connectivity index (χ1n) is 5.18. The van der Waals surface area contributed by atoms with E-state index in [0.29, 0.717) is 20.6 Å². The average Bonchev–Trinajstić information content (AvgIpc) is 2.57. The van der Waals surface area contributed by atoms with Gasteiger partial charge in [-0.2, -0.15) is 4.98 Å². The average molecular weight is 350 g/mol. The highest BCUT2D eigenvalue weighted by molar-refractivity contribution is 9.10. The lowest BCUT2D eigenvalue weighted by molar-refractivity contribution is 0.440. The van der Waals surface area contributed by atoms with E-state index in [9.17, 15) is 9.90 Å². The number of thiophene rings is 1. The smallest absolute Gasteiger partial charge is 0.258 e. The quantitative estimate of drug-likeness (QED) is 0.868. The van der Waals surface area contributed by atoms with E-state index in [0.717, 1.165) is 4.47 Å². The molecule has 0 aromatic carbocycles. The van der Waals surface area contributed by atoms with E-state index in [1.54, 1.807) is 6.07 Å². The van der Waals surface area contributed by atoms with Gasteiger partial charge in [-0.3, -0.25) is 4.79 Å². The summed E-state index contributed by atoms with van der Waals surface area (Å²) >= 11 is 10.5. The lowest BCUT2D eigenvalue weighted by atomic mass is 10.1. The molecule has 2 aromatic rings. The standard InChI is InChI=1S/C11H10BrClN2O2S/c1-4(2)7-10(16)14-9(15-11(7)17)6-3-5(12)8(13)18-6/h3-4H,1-2H3,(H2,14,15,16,17). The molecule has 7 heteroatoms. The SMILES string of the molecule is CC(C)c1c(O)nc(-c2cc(Br)c(Cl)s2)[nH]c1=O. The summed E-state index contributed by atoms with van der Waals surface area (Å²) in [5.41, 5.74) is -0.0337. The molecule has 0 radical (unpaired) electrons. The van der Waals surface area contributed by atoms with Crippen LogP contribution in [-0.2, 0) is 0 Å². The first-order chi connectivity index (χ1) is 8.40. The number of rotatable bonds is 2. The molecule has 2 N–H and O–H groups in total. The third kappa shape index (κ3) is 2.46. The largest absolute Gasteiger partial charge is 0.493 e. The van der Waals surface area contributed by atoms with Gasteiger partial charge in [-0.1, -0.05) is 25.4 Å². The highest BCUT2D eigenvalue weighted by Crippen LogP contribution is 2.37. The molecule has 0 aliphatic heterocycles. The molecule has 18 heavy (non-hydrogen) atoms. The molecule has 0 spiro atoms. The van der Waals surface area contributed by atoms with Crippen LogP contribution < -0.4 is 5.56 Å². The number of aromatic nitrogens is 2. The van der Waals surface area contributed by atoms with Crippen LogP contribution in [0.2, 0.25) is 4.34 Å². The van der Waals surface area contributed by atoms with Crippen molar-refractivity contribution in [1.82, 2.24) is 9.97 Å². The molecular formula is C11H10BrClN2O2S. The number of nitrogens with one attached hydrogen (secondary N) is 1. The Morgan fingerprint density at radius 2 is 2.22 bits per heavy atom. The second kappa shape index (κ2) is 5.03. The van der Waals surface area contributed by atoms with Crippen molar-refractivity contribution in [2.24, 2.45) is 0 Å². The zero-order valence-corrected chi connectivity index (χ0v) is 12.8. The highest BCUT2D eigenvalue weighted by Gasteiger charge is 2.16. The number of nitrogens with zero attached hydrogens (tertiary/aromatic N) is 1. The number of aromatic hydroxyl groups is 1. The predicted octanol–water partition coefficient (Wildman–Crippen LogP) is 3.74. The molecule has 4 nitrogen and oxygen atoms in total. The molecule has 0 fully saturated rings. The van der Waals surface area contributed by atoms with Crippen molar-refractivity contribution < 1.29 is 5.11 Å². The van der Waals surface area contributed by atoms with Crippen LogP contribution in [0.15, 0.2) is 15.3 Å². The zero-order valence-electron chi connectivity index (χ0n) is 9.62. The van der Waals surface area contributed by atoms with Crippen molar-refractivity contribution in [2.45, 2.75) is 19.8 Å². The van der Waals surface area contributed by atoms with E-state index in [2.05, 4.69) is 25.9 Å². The number of aromatic amines is 1. The molecule has 96 valence electrons. The van der Waals surface area contributed by atoms with Crippen LogP contribution in [0.3, 0.4) is 0 Å². The van der Waals surface area contributed by atoms with E-state index in [4.69, 9.17) is 11.6 Å². The topological polar surface area (TPSA) is 66.0 Å². The fourth-order valence-corrected chi connectivity index (χ4v) is 3.22. The summed E-state index contributed by atoms with van der Waals surface area (Å²) in [4.78, 5) is 19.2. The molecule has 0 atom stereocenters. The van der Waals surface area contributed by atoms with E-state index >= 15 is 0 Å². The van der Waals surface area contributed by atoms with Crippen LogP contribution in [-0.4, -0.2) is 15.1 Å². The van der Waals surface area contributed by atoms with Crippen LogP contribution in [0.4, 0.5) is 0 Å². The molecular weight excluding hydrogens is 340 g/mol. The Morgan fingerprint density at radius 3 is 2.67 bits per heavy atom. The maximum atomic E-state index is 11.9. The summed E-state index contributed by atoms with van der Waals surface area (Å²) in [6.45, 7) is 3.65. The van der Waals surface area contributed by atoms with Gasteiger partial charge in [-0.25, -0.2) is 0 Å². The molecule has 0 amide bonds. The first-order valence-corrected chi connectivity index (χ1v) is 7.17. The second-order valence-electron chi connectivity index (χ2n) is 4.04. The zero-order chi connectivity index (χ0) is 13.4. The monoisotopic (exact) mass is 348 g/mol. The fourth-order valence-electron chi connectivity index (χ4n) is 1.57. The summed E-state index contributed by atoms with van der Waals surface area (Å²) < 4.78 is 1.30. The highest BCUT2D eigenvalue weighted by atomic mass is 79.9. The lowest BCUT2D eigenvalue weighted by Crippen LogP contribution is -2.16. The fraction of sp³-hybridized carbons (Fsp3) is 0.273. The Balaban J connectivity index is 2.58. The van der Waals surface area contributed by atoms with E-state index in [-0.39, 0.29) is 17.4 Å². The molecule has 2 rings (SSSR count). The van der Waals surface area contributed by atoms with Gasteiger partial charge in [0.1, 0.15) is 4.34 Å². The number of hydrogen-bond acceptors (Lipinski definition) is 4. The van der Waals surface area contributed by atoms with Crippen molar-refractivity contribution in [3.63, 3.8) is 0 Å². The maximum Gasteiger partial charge on any atom is 0.258 e. The molecule has 0 saturated carbocycles. The van der Waals surface area contributed by atoms with E-state index in [1.807, 2.05) is 13.8 Å². The molecule has 0 bridgehead atoms. The molecule has 0 unspecified atom stereocenters. The van der Waals surface area contributed by atoms with Gasteiger partial charge in [-0.05, 0) is 27.9 Å². The van der Waals surface area contributed by atoms with Gasteiger partial charge in [0.15, 0.2) is 5.82 Å². The van der Waals surface area contributed by atoms with Crippen LogP contribution in [0.1, 0.15) is 25.3 Å². The predicted molar refractivity (Wildman–Crippen MR) is 76.6 cm³/mol. The summed E-state index contributed by atoms with van der Waals surface area (Å²) in [5.74, 6) is -0.00199. The van der Waals surface area contributed by atoms with Crippen LogP contribution in [0, 0.1) is 0 Å². The Hall–Kier alpha value is -0.850. The second-order valence-corrected chi connectivity index (χ2v) is 6.55. The first kappa shape index (κ1) is 13.6. The Labute approximate surface area is 121 Å². The summed E-state index contributed by atoms with van der Waals surface area (Å²) in [7, 11) is 0. The lowest BCUT2D eigenvalue weighted by Gasteiger charge is -2.07. The minimum atomic E-state index is -0.326. The maximum absolute atomic E-state index is 11.9. The molecule has 0 aliphatic rings. The summed E-state index contributed by atoms with van der Waals surface area (Å²) in [5, 5.41) is 9.81. The summed E-state index contributed by atoms with van der Waals surface area (Å²) in [6.07, 6.45) is 0. The van der Waals surface area contributed by atoms with Crippen LogP contribution >= 0.6 is 38.9 Å². The Morgan fingerprint density at radius 1 is 1.56 bits per heavy atom. The van der Waals surface area contributed by atoms with Gasteiger partial charge in [0, 0.05) is 4.47 Å². The van der Waals surface area contributed by atoms with Gasteiger partial charge in [0.2, 0.25) is 5.88 Å². The Bertz CT molecular complexity index is 631. The molecule has 2 heterocycles. The number of halogens is 2. The number of H-pyrrole nitrogens is 1. The normalized spacial score (nSPS) is 11.2. The van der Waals surface area contributed by atoms with Gasteiger partial charge in [0.25, 0.3) is 5.56 Å². The number of hydrogen-bond donors (Lipinski definition) is 2. The van der Waals surface area contributed by atoms with Crippen molar-refractivity contribution in [3.05, 3.63) is 30.8 Å². The Kier molecular flexibility index (Phi) is 3.79. The van der Waals surface area contributed by atoms with Crippen molar-refractivity contribution in [3.8, 4) is 16.6 Å². The van der Waals surface area contributed by atoms with Crippen molar-refractivity contribution in [2.75, 3.05) is 0 Å². The van der Waals surface area contributed by atoms with Crippen LogP contribution in [0.5, 0.6) is 5.88 Å². The van der Waals surface area contributed by atoms with Gasteiger partial charge >= 0.3 is 0 Å². The van der Waals surface area contributed by atoms with Crippen molar-refractivity contribution in [1.29, 1.82) is 0 Å². The van der Waals surface area contributed by atoms with Gasteiger partial charge < -0.3 is 10.1 Å². The van der Waals surface area contributed by atoms with Crippen molar-refractivity contribution >= 4 is 38.9 Å².